The minimum atomic E-state index is -1.20. The highest BCUT2D eigenvalue weighted by molar-refractivity contribution is 6.31. The van der Waals surface area contributed by atoms with Crippen molar-refractivity contribution in [2.75, 3.05) is 49.9 Å². The minimum Gasteiger partial charge on any atom is -0.480 e. The summed E-state index contributed by atoms with van der Waals surface area (Å²) in [6, 6.07) is 24.7. The van der Waals surface area contributed by atoms with Crippen molar-refractivity contribution in [3.8, 4) is 0 Å². The summed E-state index contributed by atoms with van der Waals surface area (Å²) in [6.07, 6.45) is 24.4. The number of carboxylic acids is 1. The van der Waals surface area contributed by atoms with Gasteiger partial charge in [0.15, 0.2) is 0 Å². The number of amides is 5. The van der Waals surface area contributed by atoms with Gasteiger partial charge in [-0.2, -0.15) is 0 Å². The van der Waals surface area contributed by atoms with Gasteiger partial charge in [-0.25, -0.2) is 14.8 Å². The number of nitrogens with two attached hydrogens (primary N) is 1. The summed E-state index contributed by atoms with van der Waals surface area (Å²) in [5.41, 5.74) is 16.4. The number of nitrogens with zero attached hydrogens (tertiary/aromatic N) is 8. The van der Waals surface area contributed by atoms with Crippen LogP contribution in [0, 0.1) is 0 Å². The quantitative estimate of drug-likeness (QED) is 0.0419. The van der Waals surface area contributed by atoms with Gasteiger partial charge in [-0.05, 0) is 162 Å². The Morgan fingerprint density at radius 1 is 0.541 bits per heavy atom. The Labute approximate surface area is 501 Å². The number of unbranched alkanes of at least 4 members (excludes halogenated alkanes) is 4. The summed E-state index contributed by atoms with van der Waals surface area (Å²) < 4.78 is 2.75. The number of pyridine rings is 2. The number of carbonyl (C=O) groups is 7. The molecule has 4 aliphatic rings. The molecule has 20 nitrogen and oxygen atoms in total. The monoisotopic (exact) mass is 1190 g/mol. The third-order valence-electron chi connectivity index (χ3n) is 14.9. The second-order valence-corrected chi connectivity index (χ2v) is 21.6. The summed E-state index contributed by atoms with van der Waals surface area (Å²) in [4.78, 5) is 101. The van der Waals surface area contributed by atoms with Crippen LogP contribution in [0.5, 0.6) is 0 Å². The number of rotatable bonds is 17. The van der Waals surface area contributed by atoms with Gasteiger partial charge in [0, 0.05) is 88.0 Å². The number of imidazole rings is 2. The molecule has 2 aliphatic heterocycles. The van der Waals surface area contributed by atoms with E-state index >= 15 is 0 Å². The van der Waals surface area contributed by atoms with Gasteiger partial charge in [0.05, 0.1) is 33.3 Å². The first kappa shape index (κ1) is 60.7. The SMILES string of the molecule is NCCCCCNc1c2c(nc3cc(Cl)ccc13)CCCC2.O=C(CN1C(=O)c2ccccc2C1=O)NCCCCCNc1c2c(nc3cc(Cl)ccc13)CCCC2.O=C(O)CN1C(=O)c2ccccc2C1=O.O=C(n1ccnc1)n1ccnc1. The van der Waals surface area contributed by atoms with E-state index in [1.54, 1.807) is 61.2 Å². The third kappa shape index (κ3) is 14.9. The Morgan fingerprint density at radius 2 is 0.965 bits per heavy atom. The predicted octanol–water partition coefficient (Wildman–Crippen LogP) is 10.0. The number of anilines is 2. The molecule has 8 aromatic rings. The highest BCUT2D eigenvalue weighted by Crippen LogP contribution is 2.36. The van der Waals surface area contributed by atoms with Gasteiger partial charge in [0.2, 0.25) is 5.91 Å². The lowest BCUT2D eigenvalue weighted by molar-refractivity contribution is -0.137. The van der Waals surface area contributed by atoms with E-state index in [1.165, 1.54) is 105 Å². The Bertz CT molecular complexity index is 3640. The smallest absolute Gasteiger partial charge is 0.338 e. The zero-order valence-corrected chi connectivity index (χ0v) is 48.4. The standard InChI is InChI=1S/C28H29ClN4O3.C18H24ClN3.C10H7NO4.C7H6N4O/c29-18-12-13-22-24(16-18)32-23-11-5-4-10-21(23)26(22)31-15-7-1-6-14-30-25(34)17-33-27(35)19-8-2-3-9-20(19)28(33)36;19-13-8-9-15-17(12-13)22-16-7-3-2-6-14(16)18(15)21-11-5-1-4-10-20;12-8(13)5-11-9(14)6-3-1-2-4-7(6)10(11)15;12-7(10-3-1-8-5-10)11-4-2-9-6-11/h2-3,8-9,12-13,16H,1,4-7,10-11,14-15,17H2,(H,30,34)(H,31,32);8-9,12H,1-7,10-11,20H2,(H,21,22);1-4H,5H2,(H,12,13);1-6H. The summed E-state index contributed by atoms with van der Waals surface area (Å²) >= 11 is 12.4. The van der Waals surface area contributed by atoms with Gasteiger partial charge in [0.25, 0.3) is 23.6 Å². The number of carboxylic acid groups (broad SMARTS) is 1. The van der Waals surface area contributed by atoms with E-state index in [9.17, 15) is 33.6 Å². The highest BCUT2D eigenvalue weighted by Gasteiger charge is 2.37. The molecule has 22 heteroatoms. The fourth-order valence-electron chi connectivity index (χ4n) is 10.7. The lowest BCUT2D eigenvalue weighted by atomic mass is 9.92. The molecule has 0 fully saturated rings. The van der Waals surface area contributed by atoms with Crippen molar-refractivity contribution in [2.45, 2.75) is 89.9 Å². The minimum absolute atomic E-state index is 0.190. The van der Waals surface area contributed by atoms with E-state index in [0.717, 1.165) is 109 Å². The normalized spacial score (nSPS) is 13.8. The van der Waals surface area contributed by atoms with Crippen LogP contribution in [0.4, 0.5) is 16.2 Å². The van der Waals surface area contributed by atoms with Gasteiger partial charge < -0.3 is 26.8 Å². The number of aromatic nitrogens is 6. The van der Waals surface area contributed by atoms with Gasteiger partial charge in [-0.1, -0.05) is 53.9 Å². The molecular formula is C63H66Cl2N12O8. The molecule has 4 aromatic heterocycles. The number of carbonyl (C=O) groups excluding carboxylic acids is 6. The maximum absolute atomic E-state index is 12.4. The molecule has 440 valence electrons. The number of nitrogens with one attached hydrogen (secondary N) is 3. The molecular weight excluding hydrogens is 1120 g/mol. The predicted molar refractivity (Wildman–Crippen MR) is 325 cm³/mol. The molecule has 2 aliphatic carbocycles. The van der Waals surface area contributed by atoms with E-state index in [1.807, 2.05) is 30.3 Å². The third-order valence-corrected chi connectivity index (χ3v) is 15.4. The van der Waals surface area contributed by atoms with Crippen LogP contribution in [0.3, 0.4) is 0 Å². The zero-order valence-electron chi connectivity index (χ0n) is 46.9. The first-order valence-electron chi connectivity index (χ1n) is 28.6. The van der Waals surface area contributed by atoms with Crippen molar-refractivity contribution in [1.29, 1.82) is 0 Å². The number of aliphatic carboxylic acids is 1. The van der Waals surface area contributed by atoms with Gasteiger partial charge in [0.1, 0.15) is 25.7 Å². The summed E-state index contributed by atoms with van der Waals surface area (Å²) in [6.45, 7) is 2.27. The van der Waals surface area contributed by atoms with Crippen molar-refractivity contribution < 1.29 is 38.7 Å². The van der Waals surface area contributed by atoms with Crippen molar-refractivity contribution in [3.05, 3.63) is 177 Å². The molecule has 0 atom stereocenters. The molecule has 12 rings (SSSR count). The number of hydrogen-bond acceptors (Lipinski definition) is 14. The Kier molecular flexibility index (Phi) is 20.8. The number of fused-ring (bicyclic) bond motifs is 6. The first-order valence-corrected chi connectivity index (χ1v) is 29.4. The lowest BCUT2D eigenvalue weighted by Crippen LogP contribution is -2.40. The molecule has 85 heavy (non-hydrogen) atoms. The van der Waals surface area contributed by atoms with Crippen molar-refractivity contribution >= 4 is 97.9 Å². The molecule has 0 radical (unpaired) electrons. The number of benzene rings is 4. The molecule has 0 saturated heterocycles. The average Bonchev–Trinajstić information content (AvgIpc) is 3.17. The van der Waals surface area contributed by atoms with Gasteiger partial charge in [-0.3, -0.25) is 57.7 Å². The fraction of sp³-hybridized carbons (Fsp3) is 0.317. The second-order valence-electron chi connectivity index (χ2n) is 20.8. The molecule has 0 saturated carbocycles. The van der Waals surface area contributed by atoms with E-state index < -0.39 is 36.1 Å². The Balaban J connectivity index is 0.000000149. The van der Waals surface area contributed by atoms with E-state index in [4.69, 9.17) is 44.0 Å². The van der Waals surface area contributed by atoms with Crippen LogP contribution >= 0.6 is 23.2 Å². The first-order chi connectivity index (χ1) is 41.3. The maximum atomic E-state index is 12.4. The van der Waals surface area contributed by atoms with Crippen LogP contribution in [0.15, 0.2) is 122 Å². The molecule has 0 bridgehead atoms. The summed E-state index contributed by atoms with van der Waals surface area (Å²) in [5.74, 6) is -3.44. The molecule has 6 heterocycles. The Morgan fingerprint density at radius 3 is 1.39 bits per heavy atom. The lowest BCUT2D eigenvalue weighted by Gasteiger charge is -2.22. The fourth-order valence-corrected chi connectivity index (χ4v) is 11.0. The van der Waals surface area contributed by atoms with Crippen LogP contribution in [-0.2, 0) is 35.3 Å². The second kappa shape index (κ2) is 29.1. The van der Waals surface area contributed by atoms with Gasteiger partial charge >= 0.3 is 12.0 Å². The van der Waals surface area contributed by atoms with Gasteiger partial charge in [-0.15, -0.1) is 0 Å². The van der Waals surface area contributed by atoms with E-state index in [0.29, 0.717) is 22.7 Å². The summed E-state index contributed by atoms with van der Waals surface area (Å²) in [7, 11) is 0. The molecule has 0 unspecified atom stereocenters. The van der Waals surface area contributed by atoms with Crippen LogP contribution in [0.25, 0.3) is 21.8 Å². The summed E-state index contributed by atoms with van der Waals surface area (Å²) in [5, 5.41) is 22.5. The maximum Gasteiger partial charge on any atom is 0.338 e. The number of aryl methyl sites for hydroxylation is 2. The van der Waals surface area contributed by atoms with E-state index in [-0.39, 0.29) is 29.6 Å². The van der Waals surface area contributed by atoms with Crippen LogP contribution in [-0.4, -0.2) is 125 Å². The largest absolute Gasteiger partial charge is 0.480 e. The number of imide groups is 2. The van der Waals surface area contributed by atoms with Crippen LogP contribution in [0.2, 0.25) is 10.0 Å². The highest BCUT2D eigenvalue weighted by atomic mass is 35.5. The Hall–Kier alpha value is -8.85. The van der Waals surface area contributed by atoms with Crippen molar-refractivity contribution in [2.24, 2.45) is 5.73 Å². The number of hydrogen-bond donors (Lipinski definition) is 5. The molecule has 0 spiro atoms. The van der Waals surface area contributed by atoms with Crippen molar-refractivity contribution in [1.82, 2.24) is 44.2 Å². The number of halogens is 2. The molecule has 4 aromatic carbocycles. The molecule has 6 N–H and O–H groups in total. The zero-order chi connectivity index (χ0) is 59.8. The molecule has 5 amide bonds. The topological polar surface area (TPSA) is 270 Å². The van der Waals surface area contributed by atoms with Crippen LogP contribution in [0.1, 0.15) is 128 Å². The van der Waals surface area contributed by atoms with E-state index in [2.05, 4.69) is 32.0 Å². The van der Waals surface area contributed by atoms with Crippen molar-refractivity contribution in [3.63, 3.8) is 0 Å². The average molecular weight is 1190 g/mol. The van der Waals surface area contributed by atoms with Crippen LogP contribution < -0.4 is 21.7 Å².